The van der Waals surface area contributed by atoms with Crippen LogP contribution in [0.2, 0.25) is 0 Å². The number of halogens is 1. The average molecular weight is 474 g/mol. The lowest BCUT2D eigenvalue weighted by Crippen LogP contribution is -3.00. The first-order valence-electron chi connectivity index (χ1n) is 11.2. The number of nitrogen functional groups attached to an aromatic ring is 1. The monoisotopic (exact) mass is 473 g/mol. The lowest BCUT2D eigenvalue weighted by Gasteiger charge is -2.04. The van der Waals surface area contributed by atoms with Gasteiger partial charge in [0.2, 0.25) is 0 Å². The molecule has 30 heavy (non-hydrogen) atoms. The predicted molar refractivity (Wildman–Crippen MR) is 121 cm³/mol. The van der Waals surface area contributed by atoms with Crippen LogP contribution >= 0.6 is 0 Å². The zero-order valence-corrected chi connectivity index (χ0v) is 19.6. The molecule has 0 bridgehead atoms. The van der Waals surface area contributed by atoms with E-state index in [-0.39, 0.29) is 17.0 Å². The van der Waals surface area contributed by atoms with Crippen LogP contribution < -0.4 is 27.3 Å². The number of para-hydroxylation sites is 2. The van der Waals surface area contributed by atoms with Crippen molar-refractivity contribution in [3.63, 3.8) is 0 Å². The summed E-state index contributed by atoms with van der Waals surface area (Å²) >= 11 is 0. The first kappa shape index (κ1) is 24.4. The van der Waals surface area contributed by atoms with Gasteiger partial charge in [-0.05, 0) is 30.5 Å². The molecule has 0 radical (unpaired) electrons. The summed E-state index contributed by atoms with van der Waals surface area (Å²) in [7, 11) is 0. The molecule has 0 atom stereocenters. The largest absolute Gasteiger partial charge is 1.00 e. The second-order valence-corrected chi connectivity index (χ2v) is 7.98. The van der Waals surface area contributed by atoms with Gasteiger partial charge in [-0.25, -0.2) is 9.13 Å². The standard InChI is InChI=1S/C25H35N3O.BrH/c26-25-27(19-13-6-4-2-1-3-5-7-14-20-29)23-17-11-12-18-24(23)28(25)21-22-15-9-8-10-16-22;/h8-12,15-18,26,29H,1-7,13-14,19-21H2;1H. The third-order valence-electron chi connectivity index (χ3n) is 5.74. The Morgan fingerprint density at radius 2 is 1.30 bits per heavy atom. The molecule has 164 valence electrons. The Morgan fingerprint density at radius 3 is 1.97 bits per heavy atom. The molecule has 0 aliphatic rings. The Kier molecular flexibility index (Phi) is 11.0. The zero-order valence-electron chi connectivity index (χ0n) is 18.0. The molecule has 0 aliphatic carbocycles. The van der Waals surface area contributed by atoms with Gasteiger partial charge in [-0.3, -0.25) is 5.73 Å². The summed E-state index contributed by atoms with van der Waals surface area (Å²) in [5.41, 5.74) is 10.3. The van der Waals surface area contributed by atoms with Crippen molar-refractivity contribution in [2.24, 2.45) is 0 Å². The highest BCUT2D eigenvalue weighted by atomic mass is 79.9. The van der Waals surface area contributed by atoms with Gasteiger partial charge in [0.1, 0.15) is 11.0 Å². The maximum atomic E-state index is 8.81. The molecular weight excluding hydrogens is 438 g/mol. The number of hydrogen-bond acceptors (Lipinski definition) is 2. The number of fused-ring (bicyclic) bond motifs is 1. The third kappa shape index (κ3) is 6.85. The molecule has 2 aromatic carbocycles. The number of imidazole rings is 1. The highest BCUT2D eigenvalue weighted by molar-refractivity contribution is 5.73. The van der Waals surface area contributed by atoms with Gasteiger partial charge in [0.05, 0.1) is 13.1 Å². The number of unbranched alkanes of at least 4 members (excludes halogenated alkanes) is 8. The SMILES string of the molecule is Nc1n(CCCCCCCCCCCO)c2ccccc2[n+]1Cc1ccccc1.[Br-]. The number of aryl methyl sites for hydroxylation is 1. The van der Waals surface area contributed by atoms with E-state index in [0.29, 0.717) is 6.61 Å². The summed E-state index contributed by atoms with van der Waals surface area (Å²) in [5, 5.41) is 8.81. The fourth-order valence-electron chi connectivity index (χ4n) is 4.10. The molecule has 3 rings (SSSR count). The molecule has 5 heteroatoms. The molecule has 0 spiro atoms. The smallest absolute Gasteiger partial charge is 0.356 e. The van der Waals surface area contributed by atoms with Crippen LogP contribution in [0, 0.1) is 0 Å². The van der Waals surface area contributed by atoms with E-state index in [0.717, 1.165) is 25.5 Å². The van der Waals surface area contributed by atoms with Crippen molar-refractivity contribution >= 4 is 17.0 Å². The Balaban J connectivity index is 0.00000320. The van der Waals surface area contributed by atoms with Crippen LogP contribution in [0.4, 0.5) is 5.95 Å². The van der Waals surface area contributed by atoms with E-state index in [1.807, 2.05) is 0 Å². The lowest BCUT2D eigenvalue weighted by molar-refractivity contribution is -0.648. The van der Waals surface area contributed by atoms with Crippen molar-refractivity contribution < 1.29 is 26.7 Å². The summed E-state index contributed by atoms with van der Waals surface area (Å²) in [5.74, 6) is 0.846. The normalized spacial score (nSPS) is 11.0. The number of hydrogen-bond donors (Lipinski definition) is 2. The van der Waals surface area contributed by atoms with Gasteiger partial charge in [-0.2, -0.15) is 0 Å². The number of nitrogens with two attached hydrogens (primary N) is 1. The van der Waals surface area contributed by atoms with E-state index >= 15 is 0 Å². The summed E-state index contributed by atoms with van der Waals surface area (Å²) in [4.78, 5) is 0. The van der Waals surface area contributed by atoms with Gasteiger partial charge >= 0.3 is 5.95 Å². The number of nitrogens with zero attached hydrogens (tertiary/aromatic N) is 2. The Labute approximate surface area is 191 Å². The molecule has 3 aromatic rings. The Hall–Kier alpha value is -1.85. The van der Waals surface area contributed by atoms with E-state index in [4.69, 9.17) is 10.8 Å². The summed E-state index contributed by atoms with van der Waals surface area (Å²) < 4.78 is 4.52. The van der Waals surface area contributed by atoms with E-state index in [9.17, 15) is 0 Å². The van der Waals surface area contributed by atoms with Crippen molar-refractivity contribution in [3.05, 3.63) is 60.2 Å². The fraction of sp³-hybridized carbons (Fsp3) is 0.480. The van der Waals surface area contributed by atoms with Crippen LogP contribution in [0.1, 0.15) is 63.4 Å². The van der Waals surface area contributed by atoms with Crippen molar-refractivity contribution in [2.75, 3.05) is 12.3 Å². The highest BCUT2D eigenvalue weighted by Crippen LogP contribution is 2.18. The number of benzene rings is 2. The van der Waals surface area contributed by atoms with Gasteiger partial charge in [0, 0.05) is 6.61 Å². The second kappa shape index (κ2) is 13.5. The second-order valence-electron chi connectivity index (χ2n) is 7.98. The molecule has 0 saturated carbocycles. The molecule has 0 unspecified atom stereocenters. The topological polar surface area (TPSA) is 55.1 Å². The number of aliphatic hydroxyl groups excluding tert-OH is 1. The highest BCUT2D eigenvalue weighted by Gasteiger charge is 2.20. The molecule has 1 heterocycles. The van der Waals surface area contributed by atoms with Gasteiger partial charge in [0.25, 0.3) is 0 Å². The third-order valence-corrected chi connectivity index (χ3v) is 5.74. The van der Waals surface area contributed by atoms with Crippen LogP contribution in [0.3, 0.4) is 0 Å². The molecule has 0 aliphatic heterocycles. The van der Waals surface area contributed by atoms with Gasteiger partial charge in [-0.1, -0.05) is 87.4 Å². The maximum absolute atomic E-state index is 8.81. The molecule has 0 saturated heterocycles. The van der Waals surface area contributed by atoms with Crippen molar-refractivity contribution in [1.82, 2.24) is 4.57 Å². The first-order chi connectivity index (χ1) is 14.3. The van der Waals surface area contributed by atoms with E-state index in [1.165, 1.54) is 68.0 Å². The minimum atomic E-state index is 0. The van der Waals surface area contributed by atoms with E-state index in [2.05, 4.69) is 63.7 Å². The van der Waals surface area contributed by atoms with E-state index < -0.39 is 0 Å². The Morgan fingerprint density at radius 1 is 0.733 bits per heavy atom. The fourth-order valence-corrected chi connectivity index (χ4v) is 4.10. The quantitative estimate of drug-likeness (QED) is 0.295. The number of anilines is 1. The first-order valence-corrected chi connectivity index (χ1v) is 11.2. The molecule has 1 aromatic heterocycles. The maximum Gasteiger partial charge on any atom is 0.356 e. The van der Waals surface area contributed by atoms with Crippen molar-refractivity contribution in [1.29, 1.82) is 0 Å². The molecule has 4 nitrogen and oxygen atoms in total. The Bertz CT molecular complexity index is 863. The number of rotatable bonds is 13. The van der Waals surface area contributed by atoms with Gasteiger partial charge in [-0.15, -0.1) is 0 Å². The molecule has 3 N–H and O–H groups in total. The lowest BCUT2D eigenvalue weighted by atomic mass is 10.1. The summed E-state index contributed by atoms with van der Waals surface area (Å²) in [6.45, 7) is 2.11. The summed E-state index contributed by atoms with van der Waals surface area (Å²) in [6, 6.07) is 19.1. The van der Waals surface area contributed by atoms with Crippen molar-refractivity contribution in [2.45, 2.75) is 70.9 Å². The van der Waals surface area contributed by atoms with Crippen LogP contribution in [0.15, 0.2) is 54.6 Å². The van der Waals surface area contributed by atoms with Gasteiger partial charge < -0.3 is 22.1 Å². The average Bonchev–Trinajstić information content (AvgIpc) is 3.01. The summed E-state index contributed by atoms with van der Waals surface area (Å²) in [6.07, 6.45) is 11.0. The minimum absolute atomic E-state index is 0. The van der Waals surface area contributed by atoms with Crippen LogP contribution in [0.25, 0.3) is 11.0 Å². The molecule has 0 amide bonds. The van der Waals surface area contributed by atoms with Crippen LogP contribution in [-0.4, -0.2) is 16.3 Å². The molecular formula is C25H36BrN3O. The van der Waals surface area contributed by atoms with Crippen LogP contribution in [0.5, 0.6) is 0 Å². The van der Waals surface area contributed by atoms with Crippen molar-refractivity contribution in [3.8, 4) is 0 Å². The number of aromatic nitrogens is 2. The van der Waals surface area contributed by atoms with Crippen LogP contribution in [-0.2, 0) is 13.1 Å². The zero-order chi connectivity index (χ0) is 20.3. The number of aliphatic hydroxyl groups is 1. The predicted octanol–water partition coefficient (Wildman–Crippen LogP) is 2.07. The molecule has 0 fully saturated rings. The minimum Gasteiger partial charge on any atom is -1.00 e. The van der Waals surface area contributed by atoms with E-state index in [1.54, 1.807) is 0 Å². The van der Waals surface area contributed by atoms with Gasteiger partial charge in [0.15, 0.2) is 0 Å².